The van der Waals surface area contributed by atoms with Crippen LogP contribution in [0.15, 0.2) is 36.4 Å². The highest BCUT2D eigenvalue weighted by Gasteiger charge is 2.28. The number of Topliss-reactive ketones (excluding diaryl/α,β-unsaturated/α-hetero) is 1. The van der Waals surface area contributed by atoms with E-state index in [2.05, 4.69) is 25.3 Å². The quantitative estimate of drug-likeness (QED) is 0.282. The van der Waals surface area contributed by atoms with Crippen LogP contribution in [0.25, 0.3) is 0 Å². The number of ketones is 1. The van der Waals surface area contributed by atoms with Gasteiger partial charge in [-0.2, -0.15) is 0 Å². The van der Waals surface area contributed by atoms with Crippen LogP contribution in [0.3, 0.4) is 0 Å². The summed E-state index contributed by atoms with van der Waals surface area (Å²) in [6, 6.07) is 7.15. The molecule has 164 valence electrons. The van der Waals surface area contributed by atoms with E-state index in [0.717, 1.165) is 11.3 Å². The van der Waals surface area contributed by atoms with Gasteiger partial charge in [-0.1, -0.05) is 36.7 Å². The summed E-state index contributed by atoms with van der Waals surface area (Å²) in [5, 5.41) is 0.545. The highest BCUT2D eigenvalue weighted by Crippen LogP contribution is 2.33. The molecule has 1 amide bonds. The van der Waals surface area contributed by atoms with Crippen molar-refractivity contribution in [2.45, 2.75) is 26.2 Å². The van der Waals surface area contributed by atoms with E-state index in [1.165, 1.54) is 0 Å². The molecule has 2 N–H and O–H groups in total. The molecule has 0 saturated carbocycles. The second kappa shape index (κ2) is 12.4. The number of halogens is 1. The number of amides is 1. The van der Waals surface area contributed by atoms with Crippen molar-refractivity contribution in [3.8, 4) is 0 Å². The van der Waals surface area contributed by atoms with E-state index in [1.54, 1.807) is 23.1 Å². The number of benzene rings is 1. The predicted molar refractivity (Wildman–Crippen MR) is 126 cm³/mol. The van der Waals surface area contributed by atoms with Gasteiger partial charge in [0.1, 0.15) is 12.5 Å². The molecule has 0 fully saturated rings. The Kier molecular flexibility index (Phi) is 11.0. The first kappa shape index (κ1) is 25.7. The first-order valence-corrected chi connectivity index (χ1v) is 13.2. The van der Waals surface area contributed by atoms with Gasteiger partial charge in [0.25, 0.3) is 0 Å². The van der Waals surface area contributed by atoms with Crippen LogP contribution in [-0.4, -0.2) is 56.1 Å². The third kappa shape index (κ3) is 9.34. The molecule has 1 aromatic carbocycles. The van der Waals surface area contributed by atoms with Gasteiger partial charge in [0.05, 0.1) is 19.1 Å². The summed E-state index contributed by atoms with van der Waals surface area (Å²) in [5.74, 6) is 0.296. The Morgan fingerprint density at radius 2 is 2.00 bits per heavy atom. The molecule has 0 aliphatic heterocycles. The lowest BCUT2D eigenvalue weighted by atomic mass is 9.91. The van der Waals surface area contributed by atoms with Gasteiger partial charge >= 0.3 is 0 Å². The molecule has 1 rings (SSSR count). The van der Waals surface area contributed by atoms with E-state index in [1.807, 2.05) is 13.0 Å². The van der Waals surface area contributed by atoms with Crippen molar-refractivity contribution >= 4 is 39.0 Å². The molecule has 0 aromatic heterocycles. The van der Waals surface area contributed by atoms with Crippen molar-refractivity contribution in [1.82, 2.24) is 0 Å². The van der Waals surface area contributed by atoms with Crippen LogP contribution in [0.5, 0.6) is 0 Å². The lowest BCUT2D eigenvalue weighted by molar-refractivity contribution is -0.123. The number of hydrogen-bond donors (Lipinski definition) is 1. The van der Waals surface area contributed by atoms with Crippen LogP contribution in [0, 0.1) is 5.92 Å². The lowest BCUT2D eigenvalue weighted by Gasteiger charge is -2.30. The van der Waals surface area contributed by atoms with Gasteiger partial charge in [0.15, 0.2) is 0 Å². The SMILES string of the molecule is C=C(CC)C(CCC(=O)CN)C(=O)N(COCCS(C)(C)C)c1cccc(Cl)c1. The standard InChI is InChI=1S/C22H35ClN2O3S/c1-6-17(2)21(11-10-20(26)15-24)22(27)25(16-28-12-13-29(3,4)5)19-9-7-8-18(23)14-19/h7-9,14,21H,2,6,10-13,15-16,24H2,1,3-5H3. The Morgan fingerprint density at radius 3 is 2.55 bits per heavy atom. The fraction of sp³-hybridized carbons (Fsp3) is 0.545. The Labute approximate surface area is 181 Å². The van der Waals surface area contributed by atoms with E-state index >= 15 is 0 Å². The maximum Gasteiger partial charge on any atom is 0.236 e. The molecule has 29 heavy (non-hydrogen) atoms. The van der Waals surface area contributed by atoms with E-state index in [4.69, 9.17) is 22.1 Å². The molecule has 1 unspecified atom stereocenters. The van der Waals surface area contributed by atoms with Crippen molar-refractivity contribution in [3.63, 3.8) is 0 Å². The number of ether oxygens (including phenoxy) is 1. The number of nitrogens with two attached hydrogens (primary N) is 1. The molecule has 0 aliphatic rings. The van der Waals surface area contributed by atoms with Crippen LogP contribution < -0.4 is 10.6 Å². The Hall–Kier alpha value is -1.34. The van der Waals surface area contributed by atoms with Crippen LogP contribution in [0.1, 0.15) is 26.2 Å². The molecule has 0 spiro atoms. The summed E-state index contributed by atoms with van der Waals surface area (Å²) in [6.07, 6.45) is 7.99. The van der Waals surface area contributed by atoms with Gasteiger partial charge in [-0.15, -0.1) is 0 Å². The molecule has 0 radical (unpaired) electrons. The zero-order chi connectivity index (χ0) is 22.0. The van der Waals surface area contributed by atoms with Gasteiger partial charge < -0.3 is 10.5 Å². The first-order chi connectivity index (χ1) is 13.6. The maximum atomic E-state index is 13.5. The number of carbonyl (C=O) groups excluding carboxylic acids is 2. The van der Waals surface area contributed by atoms with Crippen molar-refractivity contribution in [2.75, 3.05) is 49.3 Å². The summed E-state index contributed by atoms with van der Waals surface area (Å²) < 4.78 is 5.86. The molecular weight excluding hydrogens is 408 g/mol. The largest absolute Gasteiger partial charge is 0.360 e. The van der Waals surface area contributed by atoms with E-state index in [0.29, 0.717) is 30.2 Å². The van der Waals surface area contributed by atoms with Gasteiger partial charge in [0, 0.05) is 22.9 Å². The van der Waals surface area contributed by atoms with Gasteiger partial charge in [-0.25, -0.2) is 10.0 Å². The minimum atomic E-state index is -0.681. The van der Waals surface area contributed by atoms with Gasteiger partial charge in [-0.05, 0) is 49.8 Å². The number of nitrogens with zero attached hydrogens (tertiary/aromatic N) is 1. The third-order valence-corrected chi connectivity index (χ3v) is 6.26. The summed E-state index contributed by atoms with van der Waals surface area (Å²) in [6.45, 7) is 6.72. The van der Waals surface area contributed by atoms with E-state index in [9.17, 15) is 9.59 Å². The highest BCUT2D eigenvalue weighted by molar-refractivity contribution is 8.32. The Bertz CT molecular complexity index is 704. The van der Waals surface area contributed by atoms with Crippen LogP contribution >= 0.6 is 21.6 Å². The minimum absolute atomic E-state index is 0.0181. The maximum absolute atomic E-state index is 13.5. The highest BCUT2D eigenvalue weighted by atomic mass is 35.5. The molecule has 7 heteroatoms. The summed E-state index contributed by atoms with van der Waals surface area (Å²) in [7, 11) is -0.681. The average molecular weight is 443 g/mol. The van der Waals surface area contributed by atoms with Crippen LogP contribution in [0.2, 0.25) is 5.02 Å². The predicted octanol–water partition coefficient (Wildman–Crippen LogP) is 4.23. The normalized spacial score (nSPS) is 13.0. The third-order valence-electron chi connectivity index (χ3n) is 4.63. The Balaban J connectivity index is 3.04. The zero-order valence-electron chi connectivity index (χ0n) is 18.1. The van der Waals surface area contributed by atoms with E-state index < -0.39 is 15.9 Å². The van der Waals surface area contributed by atoms with Crippen molar-refractivity contribution in [1.29, 1.82) is 0 Å². The Morgan fingerprint density at radius 1 is 1.31 bits per heavy atom. The summed E-state index contributed by atoms with van der Waals surface area (Å²) >= 11 is 6.15. The molecule has 5 nitrogen and oxygen atoms in total. The number of rotatable bonds is 13. The molecule has 0 saturated heterocycles. The van der Waals surface area contributed by atoms with E-state index in [-0.39, 0.29) is 31.4 Å². The number of anilines is 1. The molecule has 0 heterocycles. The average Bonchev–Trinajstić information content (AvgIpc) is 2.66. The second-order valence-electron chi connectivity index (χ2n) is 7.92. The molecular formula is C22H35ClN2O3S. The zero-order valence-corrected chi connectivity index (χ0v) is 19.7. The molecule has 0 aliphatic carbocycles. The lowest BCUT2D eigenvalue weighted by Crippen LogP contribution is -2.39. The molecule has 1 atom stereocenters. The second-order valence-corrected chi connectivity index (χ2v) is 13.0. The monoisotopic (exact) mass is 442 g/mol. The summed E-state index contributed by atoms with van der Waals surface area (Å²) in [4.78, 5) is 26.8. The summed E-state index contributed by atoms with van der Waals surface area (Å²) in [5.41, 5.74) is 6.89. The molecule has 0 bridgehead atoms. The minimum Gasteiger partial charge on any atom is -0.360 e. The molecule has 1 aromatic rings. The van der Waals surface area contributed by atoms with Crippen molar-refractivity contribution < 1.29 is 14.3 Å². The smallest absolute Gasteiger partial charge is 0.236 e. The number of carbonyl (C=O) groups is 2. The van der Waals surface area contributed by atoms with Crippen LogP contribution in [-0.2, 0) is 14.3 Å². The van der Waals surface area contributed by atoms with Crippen molar-refractivity contribution in [3.05, 3.63) is 41.4 Å². The van der Waals surface area contributed by atoms with Crippen LogP contribution in [0.4, 0.5) is 5.69 Å². The van der Waals surface area contributed by atoms with Gasteiger partial charge in [-0.3, -0.25) is 14.5 Å². The first-order valence-electron chi connectivity index (χ1n) is 9.79. The fourth-order valence-corrected chi connectivity index (χ4v) is 3.52. The van der Waals surface area contributed by atoms with Crippen molar-refractivity contribution in [2.24, 2.45) is 11.7 Å². The fourth-order valence-electron chi connectivity index (χ4n) is 2.72. The topological polar surface area (TPSA) is 72.6 Å². The van der Waals surface area contributed by atoms with Gasteiger partial charge in [0.2, 0.25) is 5.91 Å². The number of hydrogen-bond acceptors (Lipinski definition) is 4.